The lowest BCUT2D eigenvalue weighted by molar-refractivity contribution is 0.0949. The summed E-state index contributed by atoms with van der Waals surface area (Å²) in [6, 6.07) is 7.67. The Morgan fingerprint density at radius 3 is 2.85 bits per heavy atom. The topological polar surface area (TPSA) is 84.7 Å². The van der Waals surface area contributed by atoms with Gasteiger partial charge in [0.1, 0.15) is 12.1 Å². The van der Waals surface area contributed by atoms with Crippen molar-refractivity contribution in [1.29, 1.82) is 0 Å². The smallest absolute Gasteiger partial charge is 0.252 e. The SMILES string of the molecule is CCCNc1ncnc2c1cnn2CCNC(=O)c1ccccc1SCC. The van der Waals surface area contributed by atoms with Crippen LogP contribution in [-0.2, 0) is 6.54 Å². The Balaban J connectivity index is 1.65. The number of aromatic nitrogens is 4. The van der Waals surface area contributed by atoms with Crippen LogP contribution in [0.5, 0.6) is 0 Å². The van der Waals surface area contributed by atoms with E-state index >= 15 is 0 Å². The third kappa shape index (κ3) is 4.57. The third-order valence-corrected chi connectivity index (χ3v) is 4.97. The first kappa shape index (κ1) is 19.2. The number of anilines is 1. The summed E-state index contributed by atoms with van der Waals surface area (Å²) in [5.74, 6) is 1.66. The molecule has 142 valence electrons. The lowest BCUT2D eigenvalue weighted by Gasteiger charge is -2.10. The summed E-state index contributed by atoms with van der Waals surface area (Å²) >= 11 is 1.67. The van der Waals surface area contributed by atoms with E-state index in [1.807, 2.05) is 24.3 Å². The number of carbonyl (C=O) groups excluding carboxylic acids is 1. The highest BCUT2D eigenvalue weighted by Crippen LogP contribution is 2.22. The van der Waals surface area contributed by atoms with Crippen LogP contribution in [0.15, 0.2) is 41.7 Å². The third-order valence-electron chi connectivity index (χ3n) is 4.02. The summed E-state index contributed by atoms with van der Waals surface area (Å²) in [5, 5.41) is 11.6. The first-order valence-corrected chi connectivity index (χ1v) is 10.1. The standard InChI is InChI=1S/C19H24N6OS/c1-3-9-20-17-15-12-24-25(18(15)23-13-22-17)11-10-21-19(26)14-7-5-6-8-16(14)27-4-2/h5-8,12-13H,3-4,9-11H2,1-2H3,(H,21,26)(H,20,22,23). The van der Waals surface area contributed by atoms with Gasteiger partial charge in [0.25, 0.3) is 5.91 Å². The van der Waals surface area contributed by atoms with Gasteiger partial charge in [-0.25, -0.2) is 14.6 Å². The van der Waals surface area contributed by atoms with Crippen molar-refractivity contribution in [3.63, 3.8) is 0 Å². The molecule has 0 saturated carbocycles. The highest BCUT2D eigenvalue weighted by molar-refractivity contribution is 7.99. The molecule has 1 amide bonds. The normalized spacial score (nSPS) is 10.9. The maximum Gasteiger partial charge on any atom is 0.252 e. The van der Waals surface area contributed by atoms with Gasteiger partial charge in [0.2, 0.25) is 0 Å². The molecule has 0 aliphatic heterocycles. The maximum absolute atomic E-state index is 12.5. The van der Waals surface area contributed by atoms with Crippen LogP contribution in [-0.4, -0.2) is 44.5 Å². The van der Waals surface area contributed by atoms with Crippen molar-refractivity contribution < 1.29 is 4.79 Å². The predicted octanol–water partition coefficient (Wildman–Crippen LogP) is 3.19. The molecule has 3 aromatic rings. The van der Waals surface area contributed by atoms with Crippen molar-refractivity contribution in [2.45, 2.75) is 31.7 Å². The Bertz CT molecular complexity index is 910. The number of amides is 1. The van der Waals surface area contributed by atoms with Gasteiger partial charge in [0.15, 0.2) is 5.65 Å². The fourth-order valence-corrected chi connectivity index (χ4v) is 3.55. The highest BCUT2D eigenvalue weighted by Gasteiger charge is 2.12. The van der Waals surface area contributed by atoms with Crippen LogP contribution in [0.25, 0.3) is 11.0 Å². The first-order valence-electron chi connectivity index (χ1n) is 9.15. The minimum Gasteiger partial charge on any atom is -0.369 e. The van der Waals surface area contributed by atoms with Crippen molar-refractivity contribution in [2.24, 2.45) is 0 Å². The molecule has 0 bridgehead atoms. The summed E-state index contributed by atoms with van der Waals surface area (Å²) in [7, 11) is 0. The number of carbonyl (C=O) groups is 1. The van der Waals surface area contributed by atoms with Crippen LogP contribution in [0.4, 0.5) is 5.82 Å². The van der Waals surface area contributed by atoms with Crippen LogP contribution in [0, 0.1) is 0 Å². The van der Waals surface area contributed by atoms with E-state index in [1.165, 1.54) is 6.33 Å². The van der Waals surface area contributed by atoms with Gasteiger partial charge in [-0.3, -0.25) is 4.79 Å². The molecular formula is C19H24N6OS. The number of fused-ring (bicyclic) bond motifs is 1. The second-order valence-corrected chi connectivity index (χ2v) is 7.24. The van der Waals surface area contributed by atoms with Crippen LogP contribution >= 0.6 is 11.8 Å². The quantitative estimate of drug-likeness (QED) is 0.551. The Morgan fingerprint density at radius 1 is 1.19 bits per heavy atom. The zero-order valence-electron chi connectivity index (χ0n) is 15.6. The fourth-order valence-electron chi connectivity index (χ4n) is 2.75. The number of nitrogens with one attached hydrogen (secondary N) is 2. The Kier molecular flexibility index (Phi) is 6.64. The molecule has 0 saturated heterocycles. The number of benzene rings is 1. The molecular weight excluding hydrogens is 360 g/mol. The summed E-state index contributed by atoms with van der Waals surface area (Å²) in [6.07, 6.45) is 4.32. The van der Waals surface area contributed by atoms with Gasteiger partial charge >= 0.3 is 0 Å². The molecule has 3 rings (SSSR count). The summed E-state index contributed by atoms with van der Waals surface area (Å²) in [5.41, 5.74) is 1.47. The van der Waals surface area contributed by atoms with Crippen molar-refractivity contribution in [2.75, 3.05) is 24.2 Å². The number of nitrogens with zero attached hydrogens (tertiary/aromatic N) is 4. The molecule has 8 heteroatoms. The van der Waals surface area contributed by atoms with Gasteiger partial charge in [-0.15, -0.1) is 11.8 Å². The minimum absolute atomic E-state index is 0.0667. The summed E-state index contributed by atoms with van der Waals surface area (Å²) in [4.78, 5) is 22.1. The molecule has 0 unspecified atom stereocenters. The Morgan fingerprint density at radius 2 is 2.04 bits per heavy atom. The fraction of sp³-hybridized carbons (Fsp3) is 0.368. The number of thioether (sulfide) groups is 1. The maximum atomic E-state index is 12.5. The lowest BCUT2D eigenvalue weighted by Crippen LogP contribution is -2.28. The van der Waals surface area contributed by atoms with E-state index in [2.05, 4.69) is 39.5 Å². The van der Waals surface area contributed by atoms with E-state index in [0.29, 0.717) is 18.7 Å². The lowest BCUT2D eigenvalue weighted by atomic mass is 10.2. The van der Waals surface area contributed by atoms with Gasteiger partial charge < -0.3 is 10.6 Å². The Labute approximate surface area is 163 Å². The average molecular weight is 385 g/mol. The van der Waals surface area contributed by atoms with Crippen molar-refractivity contribution in [1.82, 2.24) is 25.1 Å². The van der Waals surface area contributed by atoms with Crippen molar-refractivity contribution >= 4 is 34.5 Å². The average Bonchev–Trinajstić information content (AvgIpc) is 3.11. The molecule has 27 heavy (non-hydrogen) atoms. The molecule has 1 aromatic carbocycles. The number of hydrogen-bond donors (Lipinski definition) is 2. The number of rotatable bonds is 9. The van der Waals surface area contributed by atoms with Gasteiger partial charge in [-0.05, 0) is 24.3 Å². The van der Waals surface area contributed by atoms with Gasteiger partial charge in [-0.2, -0.15) is 5.10 Å². The molecule has 2 heterocycles. The highest BCUT2D eigenvalue weighted by atomic mass is 32.2. The molecule has 0 aliphatic carbocycles. The summed E-state index contributed by atoms with van der Waals surface area (Å²) < 4.78 is 1.79. The van der Waals surface area contributed by atoms with Gasteiger partial charge in [0.05, 0.1) is 23.7 Å². The van der Waals surface area contributed by atoms with E-state index in [1.54, 1.807) is 22.6 Å². The van der Waals surface area contributed by atoms with Crippen molar-refractivity contribution in [3.05, 3.63) is 42.4 Å². The molecule has 7 nitrogen and oxygen atoms in total. The zero-order valence-corrected chi connectivity index (χ0v) is 16.4. The first-order chi connectivity index (χ1) is 13.2. The second kappa shape index (κ2) is 9.36. The molecule has 2 aromatic heterocycles. The van der Waals surface area contributed by atoms with Crippen LogP contribution in [0.3, 0.4) is 0 Å². The van der Waals surface area contributed by atoms with Gasteiger partial charge in [0, 0.05) is 18.0 Å². The second-order valence-electron chi connectivity index (χ2n) is 5.94. The van der Waals surface area contributed by atoms with Gasteiger partial charge in [-0.1, -0.05) is 26.0 Å². The monoisotopic (exact) mass is 384 g/mol. The predicted molar refractivity (Wildman–Crippen MR) is 109 cm³/mol. The molecule has 2 N–H and O–H groups in total. The molecule has 0 atom stereocenters. The molecule has 0 aliphatic rings. The minimum atomic E-state index is -0.0667. The van der Waals surface area contributed by atoms with Crippen LogP contribution in [0.2, 0.25) is 0 Å². The van der Waals surface area contributed by atoms with E-state index < -0.39 is 0 Å². The summed E-state index contributed by atoms with van der Waals surface area (Å²) in [6.45, 7) is 6.05. The Hall–Kier alpha value is -2.61. The van der Waals surface area contributed by atoms with E-state index in [-0.39, 0.29) is 5.91 Å². The van der Waals surface area contributed by atoms with Crippen molar-refractivity contribution in [3.8, 4) is 0 Å². The van der Waals surface area contributed by atoms with Crippen LogP contribution in [0.1, 0.15) is 30.6 Å². The van der Waals surface area contributed by atoms with E-state index in [4.69, 9.17) is 0 Å². The molecule has 0 spiro atoms. The van der Waals surface area contributed by atoms with E-state index in [0.717, 1.165) is 40.5 Å². The van der Waals surface area contributed by atoms with E-state index in [9.17, 15) is 4.79 Å². The van der Waals surface area contributed by atoms with Crippen LogP contribution < -0.4 is 10.6 Å². The number of hydrogen-bond acceptors (Lipinski definition) is 6. The molecule has 0 radical (unpaired) electrons. The largest absolute Gasteiger partial charge is 0.369 e. The molecule has 0 fully saturated rings. The zero-order chi connectivity index (χ0) is 19.1.